The Balaban J connectivity index is 1.23. The number of nitrogens with one attached hydrogen (secondary N) is 1. The summed E-state index contributed by atoms with van der Waals surface area (Å²) in [5.74, 6) is 0.0153. The van der Waals surface area contributed by atoms with Crippen LogP contribution in [-0.4, -0.2) is 74.7 Å². The van der Waals surface area contributed by atoms with Crippen molar-refractivity contribution in [2.24, 2.45) is 5.92 Å². The maximum absolute atomic E-state index is 15.7. The molecule has 0 unspecified atom stereocenters. The number of hydrogen-bond acceptors (Lipinski definition) is 5. The fourth-order valence-corrected chi connectivity index (χ4v) is 9.48. The van der Waals surface area contributed by atoms with Gasteiger partial charge in [0.1, 0.15) is 0 Å². The van der Waals surface area contributed by atoms with Gasteiger partial charge in [0.25, 0.3) is 0 Å². The van der Waals surface area contributed by atoms with E-state index in [2.05, 4.69) is 30.4 Å². The van der Waals surface area contributed by atoms with Gasteiger partial charge >= 0.3 is 0 Å². The van der Waals surface area contributed by atoms with Gasteiger partial charge in [-0.1, -0.05) is 43.3 Å². The molecule has 0 spiro atoms. The molecule has 40 heavy (non-hydrogen) atoms. The largest absolute Gasteiger partial charge is 0.394 e. The molecule has 2 N–H and O–H groups in total. The van der Waals surface area contributed by atoms with Gasteiger partial charge in [0.15, 0.2) is 0 Å². The van der Waals surface area contributed by atoms with E-state index in [0.717, 1.165) is 36.2 Å². The Morgan fingerprint density at radius 1 is 1.12 bits per heavy atom. The fourth-order valence-electron chi connectivity index (χ4n) is 6.94. The van der Waals surface area contributed by atoms with E-state index in [0.29, 0.717) is 26.1 Å². The lowest BCUT2D eigenvalue weighted by atomic mass is 9.93. The van der Waals surface area contributed by atoms with Crippen LogP contribution in [0.4, 0.5) is 9.80 Å². The summed E-state index contributed by atoms with van der Waals surface area (Å²) < 4.78 is 22.2. The fraction of sp³-hybridized carbons (Fsp3) is 0.548. The molecule has 2 aromatic rings. The second-order valence-corrected chi connectivity index (χ2v) is 15.9. The van der Waals surface area contributed by atoms with Crippen molar-refractivity contribution in [3.8, 4) is 0 Å². The van der Waals surface area contributed by atoms with Crippen LogP contribution in [0.5, 0.6) is 0 Å². The highest BCUT2D eigenvalue weighted by Gasteiger charge is 2.52. The summed E-state index contributed by atoms with van der Waals surface area (Å²) in [5, 5.41) is 13.1. The number of carbonyl (C=O) groups is 2. The quantitative estimate of drug-likeness (QED) is 0.374. The number of halogens is 1. The molecule has 7 nitrogen and oxygen atoms in total. The van der Waals surface area contributed by atoms with Gasteiger partial charge < -0.3 is 29.1 Å². The number of ether oxygens (including phenoxy) is 1. The summed E-state index contributed by atoms with van der Waals surface area (Å²) in [7, 11) is -3.12. The van der Waals surface area contributed by atoms with Gasteiger partial charge in [-0.15, -0.1) is 0 Å². The number of benzene rings is 2. The molecule has 0 saturated carbocycles. The van der Waals surface area contributed by atoms with Crippen LogP contribution in [0.1, 0.15) is 36.5 Å². The molecule has 5 rings (SSSR count). The normalized spacial score (nSPS) is 27.1. The summed E-state index contributed by atoms with van der Waals surface area (Å²) >= 11 is 0. The number of amides is 2. The number of aliphatic hydroxyl groups excluding tert-OH is 1. The summed E-state index contributed by atoms with van der Waals surface area (Å²) in [6.07, 6.45) is 1.69. The zero-order chi connectivity index (χ0) is 28.4. The van der Waals surface area contributed by atoms with Crippen LogP contribution >= 0.6 is 0 Å². The average molecular weight is 568 g/mol. The highest BCUT2D eigenvalue weighted by Crippen LogP contribution is 2.47. The molecule has 3 aliphatic rings. The molecule has 2 aromatic carbocycles. The number of rotatable bonds is 8. The summed E-state index contributed by atoms with van der Waals surface area (Å²) in [6, 6.07) is 15.9. The van der Waals surface area contributed by atoms with Crippen LogP contribution < -0.4 is 10.2 Å². The standard InChI is InChI=1S/C31H42FN3O4Si/c1-21-27(13-10-22-8-11-25(12-9-22)34-15-14-33-18-30(34)38)39-28(31(21)40(2,3)32)17-29(37)35-19-24-7-5-4-6-23(24)16-26(35)20-36/h4-9,11-12,21,26-28,31,33,36H,10,13-20H2,1-3H3/t21-,26+,27+,28-,31+/m1/s1. The molecule has 0 aliphatic carbocycles. The van der Waals surface area contributed by atoms with Crippen LogP contribution in [0.3, 0.4) is 0 Å². The monoisotopic (exact) mass is 567 g/mol. The van der Waals surface area contributed by atoms with Gasteiger partial charge in [-0.3, -0.25) is 9.59 Å². The second-order valence-electron chi connectivity index (χ2n) is 12.1. The van der Waals surface area contributed by atoms with Gasteiger partial charge in [-0.2, -0.15) is 0 Å². The Morgan fingerprint density at radius 2 is 1.85 bits per heavy atom. The Kier molecular flexibility index (Phi) is 8.75. The number of piperazine rings is 1. The molecule has 9 heteroatoms. The lowest BCUT2D eigenvalue weighted by Crippen LogP contribution is -2.48. The van der Waals surface area contributed by atoms with Gasteiger partial charge in [0.05, 0.1) is 37.8 Å². The van der Waals surface area contributed by atoms with E-state index >= 15 is 4.11 Å². The molecule has 0 aromatic heterocycles. The van der Waals surface area contributed by atoms with Crippen LogP contribution in [0.25, 0.3) is 0 Å². The third-order valence-electron chi connectivity index (χ3n) is 9.01. The van der Waals surface area contributed by atoms with Crippen LogP contribution in [-0.2, 0) is 33.7 Å². The maximum Gasteiger partial charge on any atom is 0.246 e. The molecule has 2 fully saturated rings. The minimum Gasteiger partial charge on any atom is -0.394 e. The molecular weight excluding hydrogens is 525 g/mol. The van der Waals surface area contributed by atoms with Gasteiger partial charge in [-0.25, -0.2) is 0 Å². The molecule has 5 atom stereocenters. The number of hydrogen-bond donors (Lipinski definition) is 2. The molecule has 216 valence electrons. The minimum atomic E-state index is -3.12. The summed E-state index contributed by atoms with van der Waals surface area (Å²) in [6.45, 7) is 7.70. The van der Waals surface area contributed by atoms with E-state index in [4.69, 9.17) is 4.74 Å². The Morgan fingerprint density at radius 3 is 2.52 bits per heavy atom. The first kappa shape index (κ1) is 28.9. The maximum atomic E-state index is 15.7. The van der Waals surface area contributed by atoms with E-state index in [1.165, 1.54) is 5.56 Å². The number of aliphatic hydroxyl groups is 1. The number of carbonyl (C=O) groups excluding carboxylic acids is 2. The first-order valence-electron chi connectivity index (χ1n) is 14.6. The van der Waals surface area contributed by atoms with E-state index in [1.54, 1.807) is 18.0 Å². The van der Waals surface area contributed by atoms with Crippen molar-refractivity contribution in [3.63, 3.8) is 0 Å². The van der Waals surface area contributed by atoms with E-state index in [9.17, 15) is 14.7 Å². The molecule has 2 saturated heterocycles. The number of fused-ring (bicyclic) bond motifs is 1. The average Bonchev–Trinajstić information content (AvgIpc) is 3.26. The number of nitrogens with zero attached hydrogens (tertiary/aromatic N) is 2. The zero-order valence-corrected chi connectivity index (χ0v) is 24.8. The van der Waals surface area contributed by atoms with E-state index < -0.39 is 14.5 Å². The van der Waals surface area contributed by atoms with Gasteiger partial charge in [0, 0.05) is 30.9 Å². The first-order chi connectivity index (χ1) is 19.2. The predicted octanol–water partition coefficient (Wildman–Crippen LogP) is 3.84. The lowest BCUT2D eigenvalue weighted by Gasteiger charge is -2.37. The van der Waals surface area contributed by atoms with Gasteiger partial charge in [0.2, 0.25) is 20.2 Å². The topological polar surface area (TPSA) is 82.1 Å². The number of aryl methyl sites for hydroxylation is 1. The molecule has 3 aliphatic heterocycles. The Bertz CT molecular complexity index is 1200. The third kappa shape index (κ3) is 6.17. The minimum absolute atomic E-state index is 0.0120. The molecule has 0 radical (unpaired) electrons. The van der Waals surface area contributed by atoms with Crippen molar-refractivity contribution in [1.29, 1.82) is 0 Å². The smallest absolute Gasteiger partial charge is 0.246 e. The highest BCUT2D eigenvalue weighted by molar-refractivity contribution is 6.72. The molecule has 0 bridgehead atoms. The van der Waals surface area contributed by atoms with E-state index in [1.807, 2.05) is 35.2 Å². The van der Waals surface area contributed by atoms with Crippen LogP contribution in [0.2, 0.25) is 18.6 Å². The molecular formula is C31H42FN3O4Si. The van der Waals surface area contributed by atoms with Crippen molar-refractivity contribution in [3.05, 3.63) is 65.2 Å². The number of anilines is 1. The molecule has 3 heterocycles. The lowest BCUT2D eigenvalue weighted by molar-refractivity contribution is -0.138. The van der Waals surface area contributed by atoms with Crippen LogP contribution in [0.15, 0.2) is 48.5 Å². The predicted molar refractivity (Wildman–Crippen MR) is 156 cm³/mol. The highest BCUT2D eigenvalue weighted by atomic mass is 28.4. The van der Waals surface area contributed by atoms with Crippen molar-refractivity contribution in [2.45, 2.75) is 76.0 Å². The summed E-state index contributed by atoms with van der Waals surface area (Å²) in [4.78, 5) is 29.4. The Labute approximate surface area is 237 Å². The first-order valence-corrected chi connectivity index (χ1v) is 17.5. The molecule has 2 amide bonds. The Hall–Kier alpha value is -2.59. The second kappa shape index (κ2) is 12.1. The SMILES string of the molecule is C[C@H]1[C@H]([Si](C)(C)F)[C@@H](CC(=O)N2Cc3ccccc3C[C@H]2CO)O[C@H]1CCc1ccc(N2CCNCC2=O)cc1. The van der Waals surface area contributed by atoms with Crippen molar-refractivity contribution < 1.29 is 23.5 Å². The summed E-state index contributed by atoms with van der Waals surface area (Å²) in [5.41, 5.74) is 4.05. The van der Waals surface area contributed by atoms with Gasteiger partial charge in [-0.05, 0) is 67.1 Å². The van der Waals surface area contributed by atoms with Crippen molar-refractivity contribution in [2.75, 3.05) is 31.1 Å². The van der Waals surface area contributed by atoms with E-state index in [-0.39, 0.29) is 48.4 Å². The van der Waals surface area contributed by atoms with Crippen molar-refractivity contribution in [1.82, 2.24) is 10.2 Å². The third-order valence-corrected chi connectivity index (χ3v) is 11.5. The van der Waals surface area contributed by atoms with Crippen LogP contribution in [0, 0.1) is 5.92 Å². The van der Waals surface area contributed by atoms with Crippen molar-refractivity contribution >= 4 is 25.9 Å². The zero-order valence-electron chi connectivity index (χ0n) is 23.8.